The van der Waals surface area contributed by atoms with Crippen LogP contribution in [-0.4, -0.2) is 4.57 Å². The Morgan fingerprint density at radius 2 is 2.19 bits per heavy atom. The van der Waals surface area contributed by atoms with E-state index in [1.807, 2.05) is 6.26 Å². The van der Waals surface area contributed by atoms with Crippen molar-refractivity contribution in [3.05, 3.63) is 59.7 Å². The van der Waals surface area contributed by atoms with Gasteiger partial charge in [0.05, 0.1) is 6.26 Å². The number of para-hydroxylation sites is 1. The van der Waals surface area contributed by atoms with Gasteiger partial charge in [0.1, 0.15) is 5.76 Å². The molecule has 0 fully saturated rings. The quantitative estimate of drug-likeness (QED) is 0.787. The zero-order chi connectivity index (χ0) is 14.2. The molecule has 3 nitrogen and oxygen atoms in total. The van der Waals surface area contributed by atoms with Crippen molar-refractivity contribution >= 4 is 10.9 Å². The average Bonchev–Trinajstić information content (AvgIpc) is 3.11. The zero-order valence-electron chi connectivity index (χ0n) is 12.3. The van der Waals surface area contributed by atoms with Crippen molar-refractivity contribution in [3.8, 4) is 0 Å². The van der Waals surface area contributed by atoms with Crippen LogP contribution >= 0.6 is 0 Å². The first-order valence-corrected chi connectivity index (χ1v) is 7.65. The summed E-state index contributed by atoms with van der Waals surface area (Å²) in [6, 6.07) is 11.1. The lowest BCUT2D eigenvalue weighted by atomic mass is 9.93. The van der Waals surface area contributed by atoms with Crippen molar-refractivity contribution in [2.75, 3.05) is 0 Å². The number of nitrogens with one attached hydrogen (secondary N) is 1. The van der Waals surface area contributed by atoms with Crippen molar-refractivity contribution < 1.29 is 4.42 Å². The van der Waals surface area contributed by atoms with Crippen molar-refractivity contribution in [1.82, 2.24) is 9.88 Å². The molecule has 1 aliphatic rings. The molecule has 2 aromatic heterocycles. The molecule has 1 aliphatic carbocycles. The van der Waals surface area contributed by atoms with Gasteiger partial charge in [0.25, 0.3) is 0 Å². The van der Waals surface area contributed by atoms with E-state index in [0.717, 1.165) is 18.7 Å². The second-order valence-corrected chi connectivity index (χ2v) is 5.91. The SMILES string of the molecule is Cn1cc(CNC2CCCc3occc32)c2ccccc21. The molecule has 3 aromatic rings. The van der Waals surface area contributed by atoms with Gasteiger partial charge < -0.3 is 14.3 Å². The second kappa shape index (κ2) is 5.08. The summed E-state index contributed by atoms with van der Waals surface area (Å²) in [4.78, 5) is 0. The highest BCUT2D eigenvalue weighted by atomic mass is 16.3. The fourth-order valence-corrected chi connectivity index (χ4v) is 3.50. The number of benzene rings is 1. The van der Waals surface area contributed by atoms with Gasteiger partial charge in [0.15, 0.2) is 0 Å². The minimum atomic E-state index is 0.423. The molecule has 0 saturated carbocycles. The van der Waals surface area contributed by atoms with Gasteiger partial charge in [-0.25, -0.2) is 0 Å². The average molecular weight is 280 g/mol. The highest BCUT2D eigenvalue weighted by Crippen LogP contribution is 2.31. The Labute approximate surface area is 124 Å². The van der Waals surface area contributed by atoms with Crippen LogP contribution in [0.1, 0.15) is 35.8 Å². The Morgan fingerprint density at radius 3 is 3.14 bits per heavy atom. The maximum Gasteiger partial charge on any atom is 0.108 e. The summed E-state index contributed by atoms with van der Waals surface area (Å²) in [5, 5.41) is 5.06. The normalized spacial score (nSPS) is 18.0. The van der Waals surface area contributed by atoms with Crippen molar-refractivity contribution in [2.24, 2.45) is 7.05 Å². The highest BCUT2D eigenvalue weighted by molar-refractivity contribution is 5.83. The Bertz CT molecular complexity index is 768. The Morgan fingerprint density at radius 1 is 1.29 bits per heavy atom. The van der Waals surface area contributed by atoms with E-state index in [4.69, 9.17) is 4.42 Å². The third-order valence-electron chi connectivity index (χ3n) is 4.57. The molecule has 108 valence electrons. The van der Waals surface area contributed by atoms with Crippen molar-refractivity contribution in [1.29, 1.82) is 0 Å². The first-order valence-electron chi connectivity index (χ1n) is 7.65. The van der Waals surface area contributed by atoms with Crippen LogP contribution in [0.3, 0.4) is 0 Å². The molecule has 0 spiro atoms. The predicted molar refractivity (Wildman–Crippen MR) is 84.1 cm³/mol. The summed E-state index contributed by atoms with van der Waals surface area (Å²) in [5.41, 5.74) is 4.01. The first kappa shape index (κ1) is 12.7. The lowest BCUT2D eigenvalue weighted by Crippen LogP contribution is -2.23. The maximum absolute atomic E-state index is 5.57. The number of furan rings is 1. The number of fused-ring (bicyclic) bond motifs is 2. The van der Waals surface area contributed by atoms with E-state index in [2.05, 4.69) is 53.5 Å². The molecule has 3 heteroatoms. The summed E-state index contributed by atoms with van der Waals surface area (Å²) in [6.45, 7) is 0.899. The van der Waals surface area contributed by atoms with Crippen LogP contribution in [0.15, 0.2) is 47.2 Å². The molecule has 1 unspecified atom stereocenters. The van der Waals surface area contributed by atoms with E-state index in [1.165, 1.54) is 34.9 Å². The fraction of sp³-hybridized carbons (Fsp3) is 0.333. The largest absolute Gasteiger partial charge is 0.469 e. The third-order valence-corrected chi connectivity index (χ3v) is 4.57. The third kappa shape index (κ3) is 2.18. The maximum atomic E-state index is 5.57. The van der Waals surface area contributed by atoms with Gasteiger partial charge in [-0.15, -0.1) is 0 Å². The molecule has 0 amide bonds. The molecule has 2 heterocycles. The molecule has 0 aliphatic heterocycles. The number of aromatic nitrogens is 1. The van der Waals surface area contributed by atoms with E-state index in [-0.39, 0.29) is 0 Å². The van der Waals surface area contributed by atoms with E-state index in [1.54, 1.807) is 0 Å². The number of hydrogen-bond donors (Lipinski definition) is 1. The Hall–Kier alpha value is -2.00. The highest BCUT2D eigenvalue weighted by Gasteiger charge is 2.22. The standard InChI is InChI=1S/C18H20N2O/c1-20-12-13(14-5-2-3-7-17(14)20)11-19-16-6-4-8-18-15(16)9-10-21-18/h2-3,5,7,9-10,12,16,19H,4,6,8,11H2,1H3. The molecule has 0 bridgehead atoms. The number of nitrogens with zero attached hydrogens (tertiary/aromatic N) is 1. The van der Waals surface area contributed by atoms with Gasteiger partial charge in [-0.1, -0.05) is 18.2 Å². The van der Waals surface area contributed by atoms with Gasteiger partial charge in [-0.3, -0.25) is 0 Å². The summed E-state index contributed by atoms with van der Waals surface area (Å²) in [6.07, 6.45) is 7.53. The zero-order valence-corrected chi connectivity index (χ0v) is 12.3. The van der Waals surface area contributed by atoms with Crippen LogP contribution in [0.25, 0.3) is 10.9 Å². The summed E-state index contributed by atoms with van der Waals surface area (Å²) in [5.74, 6) is 1.16. The van der Waals surface area contributed by atoms with Crippen molar-refractivity contribution in [3.63, 3.8) is 0 Å². The van der Waals surface area contributed by atoms with E-state index < -0.39 is 0 Å². The van der Waals surface area contributed by atoms with E-state index in [9.17, 15) is 0 Å². The predicted octanol–water partition coefficient (Wildman–Crippen LogP) is 3.94. The smallest absolute Gasteiger partial charge is 0.108 e. The van der Waals surface area contributed by atoms with Crippen LogP contribution in [0.4, 0.5) is 0 Å². The van der Waals surface area contributed by atoms with Gasteiger partial charge in [0, 0.05) is 48.7 Å². The van der Waals surface area contributed by atoms with Crippen LogP contribution in [0.5, 0.6) is 0 Å². The number of aryl methyl sites for hydroxylation is 2. The van der Waals surface area contributed by atoms with Gasteiger partial charge in [-0.2, -0.15) is 0 Å². The van der Waals surface area contributed by atoms with E-state index in [0.29, 0.717) is 6.04 Å². The molecular weight excluding hydrogens is 260 g/mol. The van der Waals surface area contributed by atoms with Crippen LogP contribution in [-0.2, 0) is 20.0 Å². The Kier molecular flexibility index (Phi) is 3.08. The minimum absolute atomic E-state index is 0.423. The Balaban J connectivity index is 1.57. The molecule has 4 rings (SSSR count). The summed E-state index contributed by atoms with van der Waals surface area (Å²) < 4.78 is 7.77. The second-order valence-electron chi connectivity index (χ2n) is 5.91. The molecule has 1 N–H and O–H groups in total. The molecule has 1 atom stereocenters. The fourth-order valence-electron chi connectivity index (χ4n) is 3.50. The van der Waals surface area contributed by atoms with Gasteiger partial charge in [0.2, 0.25) is 0 Å². The van der Waals surface area contributed by atoms with Crippen LogP contribution in [0.2, 0.25) is 0 Å². The minimum Gasteiger partial charge on any atom is -0.469 e. The van der Waals surface area contributed by atoms with Crippen LogP contribution < -0.4 is 5.32 Å². The van der Waals surface area contributed by atoms with Gasteiger partial charge in [-0.05, 0) is 30.5 Å². The number of hydrogen-bond acceptors (Lipinski definition) is 2. The lowest BCUT2D eigenvalue weighted by Gasteiger charge is -2.22. The van der Waals surface area contributed by atoms with E-state index >= 15 is 0 Å². The molecule has 0 saturated heterocycles. The van der Waals surface area contributed by atoms with Gasteiger partial charge >= 0.3 is 0 Å². The van der Waals surface area contributed by atoms with Crippen LogP contribution in [0, 0.1) is 0 Å². The molecule has 21 heavy (non-hydrogen) atoms. The number of rotatable bonds is 3. The summed E-state index contributed by atoms with van der Waals surface area (Å²) >= 11 is 0. The summed E-state index contributed by atoms with van der Waals surface area (Å²) in [7, 11) is 2.11. The van der Waals surface area contributed by atoms with Crippen molar-refractivity contribution in [2.45, 2.75) is 31.8 Å². The molecule has 1 aromatic carbocycles. The first-order chi connectivity index (χ1) is 10.3. The monoisotopic (exact) mass is 280 g/mol. The topological polar surface area (TPSA) is 30.1 Å². The lowest BCUT2D eigenvalue weighted by molar-refractivity contribution is 0.411. The molecular formula is C18H20N2O. The molecule has 0 radical (unpaired) electrons.